The third-order valence-electron chi connectivity index (χ3n) is 4.36. The highest BCUT2D eigenvalue weighted by Crippen LogP contribution is 2.16. The topological polar surface area (TPSA) is 119 Å². The van der Waals surface area contributed by atoms with E-state index in [0.29, 0.717) is 42.3 Å². The van der Waals surface area contributed by atoms with E-state index >= 15 is 0 Å². The minimum Gasteiger partial charge on any atom is -0.484 e. The summed E-state index contributed by atoms with van der Waals surface area (Å²) >= 11 is 0. The van der Waals surface area contributed by atoms with Gasteiger partial charge in [0.2, 0.25) is 0 Å². The lowest BCUT2D eigenvalue weighted by molar-refractivity contribution is -0.134. The Morgan fingerprint density at radius 2 is 2.11 bits per heavy atom. The molecule has 0 unspecified atom stereocenters. The van der Waals surface area contributed by atoms with Gasteiger partial charge in [-0.05, 0) is 48.0 Å². The molecular weight excluding hydrogens is 350 g/mol. The van der Waals surface area contributed by atoms with Gasteiger partial charge in [-0.25, -0.2) is 9.67 Å². The van der Waals surface area contributed by atoms with E-state index in [1.165, 1.54) is 11.0 Å². The number of carbonyl (C=O) groups is 1. The van der Waals surface area contributed by atoms with Crippen LogP contribution in [0.15, 0.2) is 35.4 Å². The van der Waals surface area contributed by atoms with Crippen molar-refractivity contribution in [3.8, 4) is 11.4 Å². The van der Waals surface area contributed by atoms with Crippen LogP contribution < -0.4 is 10.3 Å². The molecule has 0 spiro atoms. The number of benzene rings is 1. The number of nitrogens with zero attached hydrogens (tertiary/aromatic N) is 6. The fourth-order valence-electron chi connectivity index (χ4n) is 2.99. The highest BCUT2D eigenvalue weighted by atomic mass is 16.5. The number of H-pyrrole nitrogens is 1. The molecule has 0 saturated carbocycles. The second-order valence-electron chi connectivity index (χ2n) is 6.18. The van der Waals surface area contributed by atoms with Crippen LogP contribution in [0.2, 0.25) is 0 Å². The van der Waals surface area contributed by atoms with Crippen LogP contribution in [0.3, 0.4) is 0 Å². The standard InChI is InChI=1S/C17H17N7O3/c1-11-19-15-8-23(7-6-14(15)17(26)20-11)16(25)9-27-13-4-2-12(3-5-13)24-10-18-21-22-24/h2-5,10H,6-9H2,1H3,(H,19,20,26). The molecule has 3 aromatic rings. The number of hydrogen-bond acceptors (Lipinski definition) is 7. The molecule has 10 nitrogen and oxygen atoms in total. The van der Waals surface area contributed by atoms with Gasteiger partial charge in [-0.1, -0.05) is 0 Å². The van der Waals surface area contributed by atoms with Crippen molar-refractivity contribution in [2.45, 2.75) is 19.9 Å². The minimum atomic E-state index is -0.148. The van der Waals surface area contributed by atoms with Gasteiger partial charge < -0.3 is 14.6 Å². The van der Waals surface area contributed by atoms with E-state index in [1.54, 1.807) is 36.1 Å². The number of aromatic amines is 1. The smallest absolute Gasteiger partial charge is 0.260 e. The summed E-state index contributed by atoms with van der Waals surface area (Å²) in [5.74, 6) is 0.972. The summed E-state index contributed by atoms with van der Waals surface area (Å²) in [6.07, 6.45) is 1.98. The summed E-state index contributed by atoms with van der Waals surface area (Å²) in [4.78, 5) is 33.1. The predicted octanol–water partition coefficient (Wildman–Crippen LogP) is 0.0177. The predicted molar refractivity (Wildman–Crippen MR) is 93.4 cm³/mol. The Balaban J connectivity index is 1.38. The van der Waals surface area contributed by atoms with E-state index in [-0.39, 0.29) is 18.1 Å². The number of tetrazole rings is 1. The molecule has 0 bridgehead atoms. The fraction of sp³-hybridized carbons (Fsp3) is 0.294. The maximum atomic E-state index is 12.5. The number of aryl methyl sites for hydroxylation is 1. The monoisotopic (exact) mass is 367 g/mol. The SMILES string of the molecule is Cc1nc2c(c(=O)[nH]1)CCN(C(=O)COc1ccc(-n3cnnn3)cc1)C2. The summed E-state index contributed by atoms with van der Waals surface area (Å²) in [6, 6.07) is 7.10. The lowest BCUT2D eigenvalue weighted by Crippen LogP contribution is -2.41. The molecule has 4 rings (SSSR count). The van der Waals surface area contributed by atoms with Crippen LogP contribution in [-0.4, -0.2) is 54.1 Å². The van der Waals surface area contributed by atoms with Crippen LogP contribution in [0.5, 0.6) is 5.75 Å². The Hall–Kier alpha value is -3.56. The Kier molecular flexibility index (Phi) is 4.37. The summed E-state index contributed by atoms with van der Waals surface area (Å²) in [6.45, 7) is 2.44. The van der Waals surface area contributed by atoms with Gasteiger partial charge >= 0.3 is 0 Å². The van der Waals surface area contributed by atoms with Gasteiger partial charge in [0, 0.05) is 12.1 Å². The Labute approximate surface area is 153 Å². The van der Waals surface area contributed by atoms with Gasteiger partial charge in [-0.3, -0.25) is 9.59 Å². The third-order valence-corrected chi connectivity index (χ3v) is 4.36. The molecule has 0 aliphatic carbocycles. The van der Waals surface area contributed by atoms with E-state index in [1.807, 2.05) is 0 Å². The van der Waals surface area contributed by atoms with Crippen LogP contribution in [0.25, 0.3) is 5.69 Å². The molecule has 0 saturated heterocycles. The Bertz CT molecular complexity index is 1010. The normalized spacial score (nSPS) is 13.3. The maximum absolute atomic E-state index is 12.5. The number of rotatable bonds is 4. The molecule has 27 heavy (non-hydrogen) atoms. The summed E-state index contributed by atoms with van der Waals surface area (Å²) in [5, 5.41) is 11.0. The first-order chi connectivity index (χ1) is 13.1. The molecule has 1 aliphatic rings. The van der Waals surface area contributed by atoms with Crippen molar-refractivity contribution in [2.24, 2.45) is 0 Å². The van der Waals surface area contributed by atoms with Gasteiger partial charge in [0.05, 0.1) is 17.9 Å². The number of fused-ring (bicyclic) bond motifs is 1. The maximum Gasteiger partial charge on any atom is 0.260 e. The van der Waals surface area contributed by atoms with Crippen molar-refractivity contribution < 1.29 is 9.53 Å². The summed E-state index contributed by atoms with van der Waals surface area (Å²) < 4.78 is 7.11. The molecule has 1 aromatic carbocycles. The van der Waals surface area contributed by atoms with E-state index in [4.69, 9.17) is 4.74 Å². The highest BCUT2D eigenvalue weighted by Gasteiger charge is 2.24. The molecule has 1 N–H and O–H groups in total. The van der Waals surface area contributed by atoms with Gasteiger partial charge in [0.1, 0.15) is 17.9 Å². The molecule has 0 fully saturated rings. The van der Waals surface area contributed by atoms with Gasteiger partial charge in [-0.15, -0.1) is 5.10 Å². The van der Waals surface area contributed by atoms with Gasteiger partial charge in [0.25, 0.3) is 11.5 Å². The molecule has 3 heterocycles. The van der Waals surface area contributed by atoms with E-state index in [0.717, 1.165) is 5.69 Å². The lowest BCUT2D eigenvalue weighted by Gasteiger charge is -2.27. The second kappa shape index (κ2) is 6.98. The van der Waals surface area contributed by atoms with Crippen molar-refractivity contribution in [1.29, 1.82) is 0 Å². The van der Waals surface area contributed by atoms with Crippen LogP contribution >= 0.6 is 0 Å². The van der Waals surface area contributed by atoms with Crippen LogP contribution in [0.1, 0.15) is 17.1 Å². The van der Waals surface area contributed by atoms with Gasteiger partial charge in [-0.2, -0.15) is 0 Å². The van der Waals surface area contributed by atoms with Crippen molar-refractivity contribution in [2.75, 3.05) is 13.2 Å². The number of amides is 1. The van der Waals surface area contributed by atoms with E-state index in [2.05, 4.69) is 25.5 Å². The molecule has 10 heteroatoms. The molecule has 1 amide bonds. The van der Waals surface area contributed by atoms with Crippen LogP contribution in [-0.2, 0) is 17.8 Å². The molecule has 0 atom stereocenters. The zero-order valence-electron chi connectivity index (χ0n) is 14.6. The largest absolute Gasteiger partial charge is 0.484 e. The lowest BCUT2D eigenvalue weighted by atomic mass is 10.1. The second-order valence-corrected chi connectivity index (χ2v) is 6.18. The first-order valence-corrected chi connectivity index (χ1v) is 8.43. The summed E-state index contributed by atoms with van der Waals surface area (Å²) in [5.41, 5.74) is 1.98. The Morgan fingerprint density at radius 3 is 2.85 bits per heavy atom. The van der Waals surface area contributed by atoms with Crippen molar-refractivity contribution >= 4 is 5.91 Å². The molecule has 2 aromatic heterocycles. The third kappa shape index (κ3) is 3.54. The highest BCUT2D eigenvalue weighted by molar-refractivity contribution is 5.78. The minimum absolute atomic E-state index is 0.0816. The van der Waals surface area contributed by atoms with E-state index < -0.39 is 0 Å². The Morgan fingerprint density at radius 1 is 1.30 bits per heavy atom. The van der Waals surface area contributed by atoms with Crippen LogP contribution in [0, 0.1) is 6.92 Å². The number of hydrogen-bond donors (Lipinski definition) is 1. The first-order valence-electron chi connectivity index (χ1n) is 8.43. The molecule has 0 radical (unpaired) electrons. The van der Waals surface area contributed by atoms with E-state index in [9.17, 15) is 9.59 Å². The van der Waals surface area contributed by atoms with Crippen molar-refractivity contribution in [3.63, 3.8) is 0 Å². The molecule has 1 aliphatic heterocycles. The quantitative estimate of drug-likeness (QED) is 0.690. The fourth-order valence-corrected chi connectivity index (χ4v) is 2.99. The molecule has 138 valence electrons. The van der Waals surface area contributed by atoms with Crippen molar-refractivity contribution in [1.82, 2.24) is 35.1 Å². The first kappa shape index (κ1) is 16.9. The average Bonchev–Trinajstić information content (AvgIpc) is 3.20. The number of ether oxygens (including phenoxy) is 1. The average molecular weight is 367 g/mol. The zero-order valence-corrected chi connectivity index (χ0v) is 14.6. The van der Waals surface area contributed by atoms with Gasteiger partial charge in [0.15, 0.2) is 6.61 Å². The molecular formula is C17H17N7O3. The summed E-state index contributed by atoms with van der Waals surface area (Å²) in [7, 11) is 0. The zero-order chi connectivity index (χ0) is 18.8. The van der Waals surface area contributed by atoms with Crippen molar-refractivity contribution in [3.05, 3.63) is 58.0 Å². The van der Waals surface area contributed by atoms with Crippen LogP contribution in [0.4, 0.5) is 0 Å². The number of nitrogens with one attached hydrogen (secondary N) is 1. The number of aromatic nitrogens is 6. The number of carbonyl (C=O) groups excluding carboxylic acids is 1.